The van der Waals surface area contributed by atoms with Crippen molar-refractivity contribution in [2.45, 2.75) is 32.2 Å². The molecule has 35 heavy (non-hydrogen) atoms. The van der Waals surface area contributed by atoms with E-state index in [9.17, 15) is 19.2 Å². The Balaban J connectivity index is 1.71. The fourth-order valence-corrected chi connectivity index (χ4v) is 4.80. The Kier molecular flexibility index (Phi) is 7.80. The summed E-state index contributed by atoms with van der Waals surface area (Å²) in [6.07, 6.45) is 1.45. The van der Waals surface area contributed by atoms with Gasteiger partial charge < -0.3 is 25.4 Å². The van der Waals surface area contributed by atoms with E-state index in [0.717, 1.165) is 11.5 Å². The Labute approximate surface area is 208 Å². The second kappa shape index (κ2) is 10.4. The predicted octanol–water partition coefficient (Wildman–Crippen LogP) is 0.401. The van der Waals surface area contributed by atoms with Crippen LogP contribution in [-0.2, 0) is 33.5 Å². The molecule has 0 saturated carbocycles. The number of fused-ring (bicyclic) bond motifs is 1. The zero-order valence-electron chi connectivity index (χ0n) is 19.4. The van der Waals surface area contributed by atoms with Crippen LogP contribution >= 0.6 is 23.3 Å². The molecule has 2 atom stereocenters. The lowest BCUT2D eigenvalue weighted by atomic mass is 9.98. The standard InChI is InChI=1S/C20H24N6O7S2/c1-6-9-7-34-16-11(22-14(27)10(24-31-5)13-23-19(21)35-25-13)15(28)26(16)12(9)17(29)32-8-33-18(30)20(2,3)4/h6,11,16H,1,7-8H2,2-5H3,(H,22,27)(H2,21,23,25)/b24-10-/t11?,16-/m1/s1. The van der Waals surface area contributed by atoms with Crippen molar-refractivity contribution in [1.29, 1.82) is 0 Å². The molecular weight excluding hydrogens is 500 g/mol. The van der Waals surface area contributed by atoms with Crippen LogP contribution < -0.4 is 11.1 Å². The first-order valence-electron chi connectivity index (χ1n) is 10.2. The number of oxime groups is 1. The highest BCUT2D eigenvalue weighted by Crippen LogP contribution is 2.41. The van der Waals surface area contributed by atoms with Gasteiger partial charge in [-0.15, -0.1) is 11.8 Å². The fraction of sp³-hybridized carbons (Fsp3) is 0.450. The summed E-state index contributed by atoms with van der Waals surface area (Å²) in [6, 6.07) is -0.960. The van der Waals surface area contributed by atoms with Gasteiger partial charge in [-0.3, -0.25) is 19.3 Å². The van der Waals surface area contributed by atoms with Gasteiger partial charge in [-0.05, 0) is 26.3 Å². The van der Waals surface area contributed by atoms with Gasteiger partial charge in [0, 0.05) is 17.3 Å². The number of hydrogen-bond acceptors (Lipinski definition) is 13. The number of rotatable bonds is 8. The molecule has 1 unspecified atom stereocenters. The van der Waals surface area contributed by atoms with Crippen molar-refractivity contribution in [3.63, 3.8) is 0 Å². The fourth-order valence-electron chi connectivity index (χ4n) is 3.03. The Morgan fingerprint density at radius 1 is 1.34 bits per heavy atom. The molecule has 1 saturated heterocycles. The van der Waals surface area contributed by atoms with Gasteiger partial charge in [0.2, 0.25) is 18.3 Å². The smallest absolute Gasteiger partial charge is 0.358 e. The Bertz CT molecular complexity index is 1120. The Hall–Kier alpha value is -3.46. The lowest BCUT2D eigenvalue weighted by Gasteiger charge is -2.49. The molecule has 188 valence electrons. The first-order valence-corrected chi connectivity index (χ1v) is 12.0. The van der Waals surface area contributed by atoms with Crippen molar-refractivity contribution in [3.05, 3.63) is 29.7 Å². The van der Waals surface area contributed by atoms with E-state index in [1.165, 1.54) is 29.8 Å². The lowest BCUT2D eigenvalue weighted by Crippen LogP contribution is -2.71. The van der Waals surface area contributed by atoms with Crippen LogP contribution in [0.4, 0.5) is 5.13 Å². The third-order valence-corrected chi connectivity index (χ3v) is 6.61. The van der Waals surface area contributed by atoms with Gasteiger partial charge in [-0.1, -0.05) is 17.8 Å². The van der Waals surface area contributed by atoms with Gasteiger partial charge in [0.15, 0.2) is 5.13 Å². The van der Waals surface area contributed by atoms with Crippen LogP contribution in [0.1, 0.15) is 26.6 Å². The minimum Gasteiger partial charge on any atom is -0.427 e. The number of nitrogens with two attached hydrogens (primary N) is 1. The van der Waals surface area contributed by atoms with Gasteiger partial charge in [0.05, 0.1) is 5.41 Å². The van der Waals surface area contributed by atoms with Crippen LogP contribution in [0.2, 0.25) is 0 Å². The maximum atomic E-state index is 13.0. The lowest BCUT2D eigenvalue weighted by molar-refractivity contribution is -0.173. The summed E-state index contributed by atoms with van der Waals surface area (Å²) in [5.74, 6) is -2.41. The Morgan fingerprint density at radius 3 is 2.63 bits per heavy atom. The molecule has 3 N–H and O–H groups in total. The van der Waals surface area contributed by atoms with Crippen LogP contribution in [0.3, 0.4) is 0 Å². The van der Waals surface area contributed by atoms with E-state index in [1.54, 1.807) is 20.8 Å². The van der Waals surface area contributed by atoms with E-state index in [-0.39, 0.29) is 22.4 Å². The third kappa shape index (κ3) is 5.45. The highest BCUT2D eigenvalue weighted by Gasteiger charge is 2.54. The molecule has 1 fully saturated rings. The number of hydrogen-bond donors (Lipinski definition) is 2. The van der Waals surface area contributed by atoms with E-state index in [0.29, 0.717) is 11.3 Å². The van der Waals surface area contributed by atoms with Crippen molar-refractivity contribution < 1.29 is 33.5 Å². The number of carbonyl (C=O) groups excluding carboxylic acids is 4. The maximum absolute atomic E-state index is 13.0. The number of β-lactam (4-membered cyclic amide) rings is 1. The summed E-state index contributed by atoms with van der Waals surface area (Å²) in [7, 11) is 1.24. The first kappa shape index (κ1) is 26.2. The summed E-state index contributed by atoms with van der Waals surface area (Å²) in [5.41, 5.74) is 5.00. The number of allylic oxidation sites excluding steroid dienone is 1. The molecule has 0 radical (unpaired) electrons. The molecule has 0 aliphatic carbocycles. The second-order valence-electron chi connectivity index (χ2n) is 8.25. The molecule has 0 aromatic carbocycles. The molecule has 1 aromatic heterocycles. The monoisotopic (exact) mass is 524 g/mol. The molecule has 0 spiro atoms. The summed E-state index contributed by atoms with van der Waals surface area (Å²) in [6.45, 7) is 8.06. The number of aromatic nitrogens is 2. The van der Waals surface area contributed by atoms with Crippen LogP contribution in [0.5, 0.6) is 0 Å². The molecule has 1 aromatic rings. The molecule has 2 aliphatic heterocycles. The number of carbonyl (C=O) groups is 4. The van der Waals surface area contributed by atoms with E-state index < -0.39 is 47.4 Å². The van der Waals surface area contributed by atoms with Gasteiger partial charge in [-0.25, -0.2) is 4.79 Å². The minimum absolute atomic E-state index is 0.0224. The normalized spacial score (nSPS) is 19.9. The van der Waals surface area contributed by atoms with Gasteiger partial charge in [0.1, 0.15) is 24.2 Å². The number of ether oxygens (including phenoxy) is 2. The van der Waals surface area contributed by atoms with Crippen LogP contribution in [0.15, 0.2) is 29.1 Å². The van der Waals surface area contributed by atoms with Crippen molar-refractivity contribution >= 4 is 57.9 Å². The van der Waals surface area contributed by atoms with E-state index in [4.69, 9.17) is 20.0 Å². The summed E-state index contributed by atoms with van der Waals surface area (Å²) in [4.78, 5) is 60.3. The molecule has 0 bridgehead atoms. The number of amides is 2. The first-order chi connectivity index (χ1) is 16.5. The number of esters is 2. The van der Waals surface area contributed by atoms with Crippen LogP contribution in [0.25, 0.3) is 0 Å². The number of nitrogens with one attached hydrogen (secondary N) is 1. The van der Waals surface area contributed by atoms with E-state index in [1.807, 2.05) is 0 Å². The molecule has 2 aliphatic rings. The summed E-state index contributed by atoms with van der Waals surface area (Å²) < 4.78 is 14.0. The molecule has 15 heteroatoms. The SMILES string of the molecule is C=CC1=C(C(=O)OCOC(=O)C(C)(C)C)N2C(=O)C(NC(=O)/C(=N\OC)c3nsc(N)n3)[C@H]2SC1. The predicted molar refractivity (Wildman–Crippen MR) is 127 cm³/mol. The average molecular weight is 525 g/mol. The van der Waals surface area contributed by atoms with Gasteiger partial charge in [0.25, 0.3) is 11.8 Å². The van der Waals surface area contributed by atoms with Crippen molar-refractivity contribution in [2.24, 2.45) is 10.6 Å². The summed E-state index contributed by atoms with van der Waals surface area (Å²) >= 11 is 2.20. The van der Waals surface area contributed by atoms with E-state index >= 15 is 0 Å². The second-order valence-corrected chi connectivity index (χ2v) is 10.1. The highest BCUT2D eigenvalue weighted by molar-refractivity contribution is 8.00. The third-order valence-electron chi connectivity index (χ3n) is 4.77. The maximum Gasteiger partial charge on any atom is 0.358 e. The largest absolute Gasteiger partial charge is 0.427 e. The molecule has 13 nitrogen and oxygen atoms in total. The van der Waals surface area contributed by atoms with Gasteiger partial charge in [-0.2, -0.15) is 9.36 Å². The van der Waals surface area contributed by atoms with E-state index in [2.05, 4.69) is 26.4 Å². The Morgan fingerprint density at radius 2 is 2.06 bits per heavy atom. The number of nitrogens with zero attached hydrogens (tertiary/aromatic N) is 4. The number of anilines is 1. The highest BCUT2D eigenvalue weighted by atomic mass is 32.2. The quantitative estimate of drug-likeness (QED) is 0.158. The minimum atomic E-state index is -0.960. The topological polar surface area (TPSA) is 175 Å². The van der Waals surface area contributed by atoms with Crippen LogP contribution in [0, 0.1) is 5.41 Å². The zero-order valence-corrected chi connectivity index (χ0v) is 21.0. The van der Waals surface area contributed by atoms with Crippen molar-refractivity contribution in [1.82, 2.24) is 19.6 Å². The van der Waals surface area contributed by atoms with Crippen molar-refractivity contribution in [2.75, 3.05) is 25.4 Å². The van der Waals surface area contributed by atoms with Crippen molar-refractivity contribution in [3.8, 4) is 0 Å². The molecular formula is C20H24N6O7S2. The zero-order chi connectivity index (χ0) is 25.9. The summed E-state index contributed by atoms with van der Waals surface area (Å²) in [5, 5.41) is 5.76. The molecule has 3 heterocycles. The molecule has 3 rings (SSSR count). The average Bonchev–Trinajstić information content (AvgIpc) is 3.24. The number of nitrogen functional groups attached to an aromatic ring is 1. The molecule has 2 amide bonds. The van der Waals surface area contributed by atoms with Crippen LogP contribution in [-0.4, -0.2) is 74.8 Å². The van der Waals surface area contributed by atoms with Gasteiger partial charge >= 0.3 is 11.9 Å². The number of thioether (sulfide) groups is 1.